The molecule has 8 heteroatoms. The first-order valence-electron chi connectivity index (χ1n) is 5.94. The number of nitrogens with two attached hydrogens (primary N) is 1. The SMILES string of the molecule is CC(CC(F)(F)F)NC(C)c1ccc(S(N)(=O)=O)cc1. The summed E-state index contributed by atoms with van der Waals surface area (Å²) in [5.41, 5.74) is 0.687. The lowest BCUT2D eigenvalue weighted by molar-refractivity contribution is -0.139. The van der Waals surface area contributed by atoms with Crippen LogP contribution in [0.2, 0.25) is 0 Å². The first-order valence-corrected chi connectivity index (χ1v) is 7.49. The van der Waals surface area contributed by atoms with Crippen LogP contribution in [0, 0.1) is 0 Å². The molecule has 0 saturated heterocycles. The standard InChI is InChI=1S/C12H17F3N2O2S/c1-8(7-12(13,14)15)17-9(2)10-3-5-11(6-4-10)20(16,18)19/h3-6,8-9,17H,7H2,1-2H3,(H2,16,18,19). The number of benzene rings is 1. The predicted octanol–water partition coefficient (Wildman–Crippen LogP) is 2.33. The van der Waals surface area contributed by atoms with E-state index >= 15 is 0 Å². The molecule has 0 radical (unpaired) electrons. The molecule has 114 valence electrons. The van der Waals surface area contributed by atoms with Crippen molar-refractivity contribution in [1.29, 1.82) is 0 Å². The van der Waals surface area contributed by atoms with Crippen LogP contribution < -0.4 is 10.5 Å². The molecule has 0 heterocycles. The van der Waals surface area contributed by atoms with Crippen molar-refractivity contribution >= 4 is 10.0 Å². The number of hydrogen-bond donors (Lipinski definition) is 2. The second-order valence-electron chi connectivity index (χ2n) is 4.72. The zero-order chi connectivity index (χ0) is 15.6. The van der Waals surface area contributed by atoms with E-state index in [1.54, 1.807) is 6.92 Å². The van der Waals surface area contributed by atoms with Crippen LogP contribution in [0.3, 0.4) is 0 Å². The maximum Gasteiger partial charge on any atom is 0.390 e. The molecular formula is C12H17F3N2O2S. The molecule has 1 aromatic carbocycles. The van der Waals surface area contributed by atoms with Gasteiger partial charge in [-0.1, -0.05) is 12.1 Å². The Morgan fingerprint density at radius 1 is 1.20 bits per heavy atom. The molecule has 0 saturated carbocycles. The molecule has 1 aromatic rings. The van der Waals surface area contributed by atoms with Crippen LogP contribution in [0.1, 0.15) is 31.9 Å². The Labute approximate surface area is 116 Å². The molecule has 0 aliphatic carbocycles. The molecule has 0 amide bonds. The molecule has 0 aromatic heterocycles. The van der Waals surface area contributed by atoms with Gasteiger partial charge in [0.05, 0.1) is 11.3 Å². The lowest BCUT2D eigenvalue weighted by Gasteiger charge is -2.21. The molecule has 2 unspecified atom stereocenters. The lowest BCUT2D eigenvalue weighted by atomic mass is 10.1. The second-order valence-corrected chi connectivity index (χ2v) is 6.28. The third-order valence-electron chi connectivity index (χ3n) is 2.78. The average Bonchev–Trinajstić information content (AvgIpc) is 2.25. The smallest absolute Gasteiger partial charge is 0.307 e. The molecule has 4 nitrogen and oxygen atoms in total. The van der Waals surface area contributed by atoms with E-state index in [2.05, 4.69) is 5.32 Å². The minimum absolute atomic E-state index is 0.0308. The van der Waals surface area contributed by atoms with Gasteiger partial charge in [-0.15, -0.1) is 0 Å². The highest BCUT2D eigenvalue weighted by Gasteiger charge is 2.30. The summed E-state index contributed by atoms with van der Waals surface area (Å²) in [5, 5.41) is 7.77. The number of nitrogens with one attached hydrogen (secondary N) is 1. The van der Waals surface area contributed by atoms with Crippen molar-refractivity contribution < 1.29 is 21.6 Å². The van der Waals surface area contributed by atoms with E-state index in [9.17, 15) is 21.6 Å². The first kappa shape index (κ1) is 16.9. The largest absolute Gasteiger partial charge is 0.390 e. The predicted molar refractivity (Wildman–Crippen MR) is 69.5 cm³/mol. The Morgan fingerprint density at radius 3 is 2.10 bits per heavy atom. The van der Waals surface area contributed by atoms with Gasteiger partial charge >= 0.3 is 6.18 Å². The van der Waals surface area contributed by atoms with Crippen molar-refractivity contribution in [2.75, 3.05) is 0 Å². The van der Waals surface area contributed by atoms with Crippen LogP contribution in [0.4, 0.5) is 13.2 Å². The van der Waals surface area contributed by atoms with Gasteiger partial charge in [0.2, 0.25) is 10.0 Å². The Balaban J connectivity index is 2.71. The summed E-state index contributed by atoms with van der Waals surface area (Å²) < 4.78 is 58.8. The zero-order valence-electron chi connectivity index (χ0n) is 11.1. The number of halogens is 3. The van der Waals surface area contributed by atoms with E-state index < -0.39 is 28.7 Å². The molecule has 2 atom stereocenters. The molecule has 3 N–H and O–H groups in total. The maximum absolute atomic E-state index is 12.2. The number of sulfonamides is 1. The zero-order valence-corrected chi connectivity index (χ0v) is 11.9. The highest BCUT2D eigenvalue weighted by atomic mass is 32.2. The van der Waals surface area contributed by atoms with Gasteiger partial charge in [0.1, 0.15) is 0 Å². The summed E-state index contributed by atoms with van der Waals surface area (Å²) in [7, 11) is -3.76. The van der Waals surface area contributed by atoms with E-state index in [-0.39, 0.29) is 10.9 Å². The summed E-state index contributed by atoms with van der Waals surface area (Å²) in [6.45, 7) is 3.15. The summed E-state index contributed by atoms with van der Waals surface area (Å²) in [6.07, 6.45) is -5.14. The summed E-state index contributed by atoms with van der Waals surface area (Å²) >= 11 is 0. The topological polar surface area (TPSA) is 72.2 Å². The molecular weight excluding hydrogens is 293 g/mol. The fourth-order valence-corrected chi connectivity index (χ4v) is 2.39. The first-order chi connectivity index (χ1) is 8.99. The molecule has 0 bridgehead atoms. The summed E-state index contributed by atoms with van der Waals surface area (Å²) in [5.74, 6) is 0. The maximum atomic E-state index is 12.2. The van der Waals surface area contributed by atoms with Crippen molar-refractivity contribution in [2.45, 2.75) is 43.4 Å². The minimum atomic E-state index is -4.22. The molecule has 1 rings (SSSR count). The fourth-order valence-electron chi connectivity index (χ4n) is 1.88. The normalized spacial score (nSPS) is 15.9. The molecule has 0 aliphatic rings. The van der Waals surface area contributed by atoms with E-state index in [1.165, 1.54) is 31.2 Å². The molecule has 20 heavy (non-hydrogen) atoms. The van der Waals surface area contributed by atoms with Gasteiger partial charge in [-0.3, -0.25) is 0 Å². The Kier molecular flexibility index (Phi) is 5.17. The van der Waals surface area contributed by atoms with Gasteiger partial charge in [-0.05, 0) is 31.5 Å². The Morgan fingerprint density at radius 2 is 1.70 bits per heavy atom. The number of hydrogen-bond acceptors (Lipinski definition) is 3. The van der Waals surface area contributed by atoms with Crippen LogP contribution in [-0.4, -0.2) is 20.6 Å². The molecule has 0 aliphatic heterocycles. The van der Waals surface area contributed by atoms with Gasteiger partial charge < -0.3 is 5.32 Å². The molecule has 0 spiro atoms. The van der Waals surface area contributed by atoms with Crippen molar-refractivity contribution in [1.82, 2.24) is 5.32 Å². The highest BCUT2D eigenvalue weighted by molar-refractivity contribution is 7.89. The lowest BCUT2D eigenvalue weighted by Crippen LogP contribution is -2.33. The van der Waals surface area contributed by atoms with Gasteiger partial charge in [-0.2, -0.15) is 13.2 Å². The quantitative estimate of drug-likeness (QED) is 0.876. The third-order valence-corrected chi connectivity index (χ3v) is 3.71. The fraction of sp³-hybridized carbons (Fsp3) is 0.500. The van der Waals surface area contributed by atoms with Gasteiger partial charge in [-0.25, -0.2) is 13.6 Å². The number of alkyl halides is 3. The van der Waals surface area contributed by atoms with Crippen LogP contribution in [0.5, 0.6) is 0 Å². The van der Waals surface area contributed by atoms with E-state index in [0.29, 0.717) is 5.56 Å². The third kappa shape index (κ3) is 5.48. The van der Waals surface area contributed by atoms with E-state index in [4.69, 9.17) is 5.14 Å². The number of primary sulfonamides is 1. The second kappa shape index (κ2) is 6.11. The average molecular weight is 310 g/mol. The van der Waals surface area contributed by atoms with Crippen LogP contribution >= 0.6 is 0 Å². The van der Waals surface area contributed by atoms with Crippen molar-refractivity contribution in [3.8, 4) is 0 Å². The Hall–Kier alpha value is -1.12. The van der Waals surface area contributed by atoms with E-state index in [1.807, 2.05) is 0 Å². The summed E-state index contributed by atoms with van der Waals surface area (Å²) in [4.78, 5) is -0.0308. The van der Waals surface area contributed by atoms with Gasteiger partial charge in [0.25, 0.3) is 0 Å². The Bertz CT molecular complexity index is 541. The minimum Gasteiger partial charge on any atom is -0.307 e. The van der Waals surface area contributed by atoms with Gasteiger partial charge in [0, 0.05) is 12.1 Å². The van der Waals surface area contributed by atoms with Crippen molar-refractivity contribution in [3.63, 3.8) is 0 Å². The summed E-state index contributed by atoms with van der Waals surface area (Å²) in [6, 6.07) is 4.65. The van der Waals surface area contributed by atoms with Crippen molar-refractivity contribution in [3.05, 3.63) is 29.8 Å². The highest BCUT2D eigenvalue weighted by Crippen LogP contribution is 2.23. The molecule has 0 fully saturated rings. The number of rotatable bonds is 5. The van der Waals surface area contributed by atoms with Crippen molar-refractivity contribution in [2.24, 2.45) is 5.14 Å². The monoisotopic (exact) mass is 310 g/mol. The van der Waals surface area contributed by atoms with E-state index in [0.717, 1.165) is 0 Å². The van der Waals surface area contributed by atoms with Crippen LogP contribution in [-0.2, 0) is 10.0 Å². The van der Waals surface area contributed by atoms with Crippen LogP contribution in [0.25, 0.3) is 0 Å². The van der Waals surface area contributed by atoms with Gasteiger partial charge in [0.15, 0.2) is 0 Å². The van der Waals surface area contributed by atoms with Crippen LogP contribution in [0.15, 0.2) is 29.2 Å².